The van der Waals surface area contributed by atoms with Crippen molar-refractivity contribution in [2.24, 2.45) is 11.8 Å². The summed E-state index contributed by atoms with van der Waals surface area (Å²) in [5.74, 6) is 1.91. The molecule has 1 aliphatic carbocycles. The first kappa shape index (κ1) is 12.4. The molecular weight excluding hydrogens is 212 g/mol. The van der Waals surface area contributed by atoms with Gasteiger partial charge in [0.05, 0.1) is 11.9 Å². The van der Waals surface area contributed by atoms with E-state index in [9.17, 15) is 0 Å². The highest BCUT2D eigenvalue weighted by Gasteiger charge is 2.23. The molecule has 1 saturated carbocycles. The highest BCUT2D eigenvalue weighted by Crippen LogP contribution is 2.29. The van der Waals surface area contributed by atoms with Crippen LogP contribution in [0.2, 0.25) is 0 Å². The van der Waals surface area contributed by atoms with E-state index in [2.05, 4.69) is 24.1 Å². The second kappa shape index (κ2) is 5.50. The maximum Gasteiger partial charge on any atom is 0.133 e. The van der Waals surface area contributed by atoms with Gasteiger partial charge >= 0.3 is 0 Å². The lowest BCUT2D eigenvalue weighted by molar-refractivity contribution is 0.225. The van der Waals surface area contributed by atoms with Crippen molar-refractivity contribution in [1.82, 2.24) is 10.3 Å². The van der Waals surface area contributed by atoms with Gasteiger partial charge in [0.2, 0.25) is 0 Å². The average molecular weight is 234 g/mol. The molecule has 1 heterocycles. The van der Waals surface area contributed by atoms with Crippen LogP contribution in [0.3, 0.4) is 0 Å². The Morgan fingerprint density at radius 3 is 2.76 bits per heavy atom. The maximum atomic E-state index is 9.15. The van der Waals surface area contributed by atoms with E-state index in [1.54, 1.807) is 6.07 Å². The summed E-state index contributed by atoms with van der Waals surface area (Å²) in [6.07, 6.45) is 5.35. The smallest absolute Gasteiger partial charge is 0.133 e. The molecule has 1 aromatic rings. The molecule has 2 N–H and O–H groups in total. The minimum Gasteiger partial charge on any atom is -0.506 e. The van der Waals surface area contributed by atoms with Crippen LogP contribution in [0.4, 0.5) is 0 Å². The van der Waals surface area contributed by atoms with Crippen LogP contribution in [-0.2, 0) is 6.54 Å². The molecule has 0 radical (unpaired) electrons. The minimum atomic E-state index is 0.230. The third-order valence-electron chi connectivity index (χ3n) is 3.98. The van der Waals surface area contributed by atoms with Crippen LogP contribution in [0.5, 0.6) is 5.75 Å². The molecule has 94 valence electrons. The lowest BCUT2D eigenvalue weighted by atomic mass is 9.79. The summed E-state index contributed by atoms with van der Waals surface area (Å²) in [4.78, 5) is 4.18. The van der Waals surface area contributed by atoms with Gasteiger partial charge in [-0.05, 0) is 43.2 Å². The van der Waals surface area contributed by atoms with Gasteiger partial charge in [0.25, 0.3) is 0 Å². The number of hydrogen-bond donors (Lipinski definition) is 2. The fourth-order valence-corrected chi connectivity index (χ4v) is 2.50. The summed E-state index contributed by atoms with van der Waals surface area (Å²) in [7, 11) is 0. The Morgan fingerprint density at radius 1 is 1.29 bits per heavy atom. The summed E-state index contributed by atoms with van der Waals surface area (Å²) in [5.41, 5.74) is 0.995. The highest BCUT2D eigenvalue weighted by atomic mass is 16.3. The Hall–Kier alpha value is -1.09. The fraction of sp³-hybridized carbons (Fsp3) is 0.643. The Morgan fingerprint density at radius 2 is 2.12 bits per heavy atom. The molecule has 3 nitrogen and oxygen atoms in total. The molecule has 1 aromatic heterocycles. The Balaban J connectivity index is 1.80. The zero-order valence-corrected chi connectivity index (χ0v) is 10.7. The van der Waals surface area contributed by atoms with E-state index in [-0.39, 0.29) is 5.75 Å². The predicted octanol–water partition coefficient (Wildman–Crippen LogP) is 2.70. The number of aromatic hydroxyl groups is 1. The van der Waals surface area contributed by atoms with Crippen LogP contribution in [0.25, 0.3) is 0 Å². The van der Waals surface area contributed by atoms with E-state index in [0.717, 1.165) is 24.1 Å². The first-order valence-electron chi connectivity index (χ1n) is 6.52. The quantitative estimate of drug-likeness (QED) is 0.845. The standard InChI is InChI=1S/C14H22N2O/c1-10-3-4-12(7-11(10)2)15-8-13-5-6-14(17)9-16-13/h5-6,9-12,15,17H,3-4,7-8H2,1-2H3. The van der Waals surface area contributed by atoms with E-state index in [1.165, 1.54) is 25.5 Å². The van der Waals surface area contributed by atoms with Crippen molar-refractivity contribution in [2.45, 2.75) is 45.7 Å². The molecule has 1 aliphatic rings. The molecular formula is C14H22N2O. The molecule has 3 unspecified atom stereocenters. The molecule has 2 rings (SSSR count). The third-order valence-corrected chi connectivity index (χ3v) is 3.98. The number of nitrogens with zero attached hydrogens (tertiary/aromatic N) is 1. The van der Waals surface area contributed by atoms with Crippen molar-refractivity contribution < 1.29 is 5.11 Å². The highest BCUT2D eigenvalue weighted by molar-refractivity contribution is 5.17. The number of aromatic nitrogens is 1. The van der Waals surface area contributed by atoms with Gasteiger partial charge in [0.15, 0.2) is 0 Å². The maximum absolute atomic E-state index is 9.15. The topological polar surface area (TPSA) is 45.1 Å². The van der Waals surface area contributed by atoms with Crippen molar-refractivity contribution in [2.75, 3.05) is 0 Å². The number of rotatable bonds is 3. The van der Waals surface area contributed by atoms with Crippen molar-refractivity contribution >= 4 is 0 Å². The molecule has 0 spiro atoms. The van der Waals surface area contributed by atoms with E-state index in [0.29, 0.717) is 6.04 Å². The molecule has 0 aromatic carbocycles. The van der Waals surface area contributed by atoms with Crippen LogP contribution in [0, 0.1) is 11.8 Å². The van der Waals surface area contributed by atoms with Gasteiger partial charge < -0.3 is 10.4 Å². The first-order valence-corrected chi connectivity index (χ1v) is 6.52. The largest absolute Gasteiger partial charge is 0.506 e. The predicted molar refractivity (Wildman–Crippen MR) is 68.7 cm³/mol. The number of pyridine rings is 1. The molecule has 0 saturated heterocycles. The summed E-state index contributed by atoms with van der Waals surface area (Å²) in [6.45, 7) is 5.49. The van der Waals surface area contributed by atoms with Crippen LogP contribution >= 0.6 is 0 Å². The van der Waals surface area contributed by atoms with Crippen LogP contribution < -0.4 is 5.32 Å². The van der Waals surface area contributed by atoms with Crippen LogP contribution in [0.15, 0.2) is 18.3 Å². The Labute approximate surface area is 103 Å². The number of nitrogens with one attached hydrogen (secondary N) is 1. The second-order valence-electron chi connectivity index (χ2n) is 5.35. The number of hydrogen-bond acceptors (Lipinski definition) is 3. The van der Waals surface area contributed by atoms with E-state index < -0.39 is 0 Å². The summed E-state index contributed by atoms with van der Waals surface area (Å²) in [5, 5.41) is 12.7. The minimum absolute atomic E-state index is 0.230. The molecule has 0 amide bonds. The summed E-state index contributed by atoms with van der Waals surface area (Å²) >= 11 is 0. The van der Waals surface area contributed by atoms with Gasteiger partial charge in [-0.15, -0.1) is 0 Å². The van der Waals surface area contributed by atoms with Crippen molar-refractivity contribution in [3.8, 4) is 5.75 Å². The molecule has 0 aliphatic heterocycles. The molecule has 17 heavy (non-hydrogen) atoms. The monoisotopic (exact) mass is 234 g/mol. The first-order chi connectivity index (χ1) is 8.15. The fourth-order valence-electron chi connectivity index (χ4n) is 2.50. The van der Waals surface area contributed by atoms with E-state index in [4.69, 9.17) is 5.11 Å². The molecule has 1 fully saturated rings. The van der Waals surface area contributed by atoms with Gasteiger partial charge in [-0.2, -0.15) is 0 Å². The van der Waals surface area contributed by atoms with Gasteiger partial charge in [-0.1, -0.05) is 13.8 Å². The van der Waals surface area contributed by atoms with Gasteiger partial charge in [-0.3, -0.25) is 4.98 Å². The van der Waals surface area contributed by atoms with Crippen molar-refractivity contribution in [1.29, 1.82) is 0 Å². The lowest BCUT2D eigenvalue weighted by Gasteiger charge is -2.32. The SMILES string of the molecule is CC1CCC(NCc2ccc(O)cn2)CC1C. The van der Waals surface area contributed by atoms with Gasteiger partial charge in [0.1, 0.15) is 5.75 Å². The summed E-state index contributed by atoms with van der Waals surface area (Å²) in [6, 6.07) is 4.18. The lowest BCUT2D eigenvalue weighted by Crippen LogP contribution is -2.35. The molecule has 0 bridgehead atoms. The van der Waals surface area contributed by atoms with E-state index >= 15 is 0 Å². The molecule has 3 heteroatoms. The Kier molecular flexibility index (Phi) is 4.00. The van der Waals surface area contributed by atoms with Crippen molar-refractivity contribution in [3.63, 3.8) is 0 Å². The third kappa shape index (κ3) is 3.43. The zero-order valence-electron chi connectivity index (χ0n) is 10.7. The average Bonchev–Trinajstić information content (AvgIpc) is 2.33. The van der Waals surface area contributed by atoms with Crippen LogP contribution in [-0.4, -0.2) is 16.1 Å². The second-order valence-corrected chi connectivity index (χ2v) is 5.35. The van der Waals surface area contributed by atoms with Gasteiger partial charge in [-0.25, -0.2) is 0 Å². The summed E-state index contributed by atoms with van der Waals surface area (Å²) < 4.78 is 0. The zero-order chi connectivity index (χ0) is 12.3. The van der Waals surface area contributed by atoms with Crippen molar-refractivity contribution in [3.05, 3.63) is 24.0 Å². The van der Waals surface area contributed by atoms with Gasteiger partial charge in [0, 0.05) is 12.6 Å². The Bertz CT molecular complexity index is 350. The molecule has 3 atom stereocenters. The van der Waals surface area contributed by atoms with E-state index in [1.807, 2.05) is 6.07 Å². The van der Waals surface area contributed by atoms with Crippen LogP contribution in [0.1, 0.15) is 38.8 Å². The normalized spacial score (nSPS) is 29.2.